The van der Waals surface area contributed by atoms with Gasteiger partial charge in [0.25, 0.3) is 0 Å². The van der Waals surface area contributed by atoms with Crippen LogP contribution in [-0.2, 0) is 25.6 Å². The summed E-state index contributed by atoms with van der Waals surface area (Å²) in [6, 6.07) is 16.0. The van der Waals surface area contributed by atoms with Crippen LogP contribution >= 0.6 is 11.6 Å². The number of hydrogen-bond donors (Lipinski definition) is 0. The van der Waals surface area contributed by atoms with Gasteiger partial charge in [0.2, 0.25) is 6.79 Å². The van der Waals surface area contributed by atoms with Crippen LogP contribution in [0.15, 0.2) is 54.6 Å². The number of likely N-dealkylation sites (tertiary alicyclic amines) is 1. The average Bonchev–Trinajstić information content (AvgIpc) is 3.00. The third-order valence-corrected chi connectivity index (χ3v) is 5.46. The van der Waals surface area contributed by atoms with Gasteiger partial charge in [0.1, 0.15) is 6.10 Å². The fourth-order valence-electron chi connectivity index (χ4n) is 3.68. The molecule has 0 aromatic heterocycles. The standard InChI is InChI=1S/C22H22ClNO6/c23-18-8-6-15(7-9-18)12-28-20-17-10-24(11-19(20)27-13-17)22(26)30-14-29-21(25)16-4-2-1-3-5-16/h1-9,17,19-20H,10-14H2. The zero-order valence-corrected chi connectivity index (χ0v) is 17.0. The first-order valence-electron chi connectivity index (χ1n) is 9.71. The minimum Gasteiger partial charge on any atom is -0.424 e. The lowest BCUT2D eigenvalue weighted by atomic mass is 9.96. The van der Waals surface area contributed by atoms with Crippen LogP contribution in [0.1, 0.15) is 15.9 Å². The van der Waals surface area contributed by atoms with Crippen LogP contribution in [0.4, 0.5) is 4.79 Å². The molecule has 2 aliphatic rings. The third-order valence-electron chi connectivity index (χ3n) is 5.21. The molecule has 0 saturated carbocycles. The second-order valence-electron chi connectivity index (χ2n) is 7.26. The van der Waals surface area contributed by atoms with Gasteiger partial charge in [-0.25, -0.2) is 9.59 Å². The maximum absolute atomic E-state index is 12.4. The topological polar surface area (TPSA) is 74.3 Å². The number of benzene rings is 2. The molecule has 0 spiro atoms. The number of amides is 1. The number of hydrogen-bond acceptors (Lipinski definition) is 6. The van der Waals surface area contributed by atoms with Crippen molar-refractivity contribution in [2.75, 3.05) is 26.5 Å². The largest absolute Gasteiger partial charge is 0.424 e. The summed E-state index contributed by atoms with van der Waals surface area (Å²) >= 11 is 5.91. The second kappa shape index (κ2) is 9.47. The first-order valence-corrected chi connectivity index (χ1v) is 10.1. The van der Waals surface area contributed by atoms with Crippen molar-refractivity contribution >= 4 is 23.7 Å². The maximum atomic E-state index is 12.4. The highest BCUT2D eigenvalue weighted by atomic mass is 35.5. The van der Waals surface area contributed by atoms with Crippen LogP contribution < -0.4 is 0 Å². The molecular weight excluding hydrogens is 410 g/mol. The molecule has 4 rings (SSSR count). The zero-order chi connectivity index (χ0) is 20.9. The van der Waals surface area contributed by atoms with Gasteiger partial charge in [-0.3, -0.25) is 0 Å². The molecule has 0 N–H and O–H groups in total. The first kappa shape index (κ1) is 20.7. The number of carbonyl (C=O) groups excluding carboxylic acids is 2. The molecular formula is C22H22ClNO6. The molecule has 0 radical (unpaired) electrons. The molecule has 2 fully saturated rings. The molecule has 2 saturated heterocycles. The van der Waals surface area contributed by atoms with Crippen molar-refractivity contribution in [3.63, 3.8) is 0 Å². The van der Waals surface area contributed by atoms with Crippen LogP contribution in [0, 0.1) is 5.92 Å². The van der Waals surface area contributed by atoms with Gasteiger partial charge in [0, 0.05) is 17.5 Å². The maximum Gasteiger partial charge on any atom is 0.412 e. The Morgan fingerprint density at radius 3 is 2.53 bits per heavy atom. The number of halogens is 1. The highest BCUT2D eigenvalue weighted by molar-refractivity contribution is 6.30. The Labute approximate surface area is 179 Å². The molecule has 7 nitrogen and oxygen atoms in total. The van der Waals surface area contributed by atoms with Gasteiger partial charge < -0.3 is 23.8 Å². The Balaban J connectivity index is 1.23. The minimum absolute atomic E-state index is 0.0652. The van der Waals surface area contributed by atoms with Crippen LogP contribution in [0.2, 0.25) is 5.02 Å². The van der Waals surface area contributed by atoms with E-state index >= 15 is 0 Å². The van der Waals surface area contributed by atoms with E-state index in [1.807, 2.05) is 24.3 Å². The summed E-state index contributed by atoms with van der Waals surface area (Å²) in [5.41, 5.74) is 1.43. The Morgan fingerprint density at radius 2 is 1.80 bits per heavy atom. The first-order chi connectivity index (χ1) is 14.6. The lowest BCUT2D eigenvalue weighted by Crippen LogP contribution is -2.51. The quantitative estimate of drug-likeness (QED) is 0.514. The van der Waals surface area contributed by atoms with Crippen molar-refractivity contribution in [1.29, 1.82) is 0 Å². The molecule has 2 aliphatic heterocycles. The number of carbonyl (C=O) groups is 2. The molecule has 1 amide bonds. The summed E-state index contributed by atoms with van der Waals surface area (Å²) in [7, 11) is 0. The number of ether oxygens (including phenoxy) is 4. The van der Waals surface area contributed by atoms with Crippen LogP contribution in [0.25, 0.3) is 0 Å². The molecule has 3 unspecified atom stereocenters. The Bertz CT molecular complexity index is 861. The van der Waals surface area contributed by atoms with Crippen LogP contribution in [0.3, 0.4) is 0 Å². The van der Waals surface area contributed by atoms with E-state index in [-0.39, 0.29) is 18.1 Å². The SMILES string of the molecule is O=C(OCOC(=O)N1CC2COC(C1)C2OCc1ccc(Cl)cc1)c1ccccc1. The summed E-state index contributed by atoms with van der Waals surface area (Å²) in [5.74, 6) is -0.475. The molecule has 2 aromatic rings. The van der Waals surface area contributed by atoms with E-state index in [2.05, 4.69) is 0 Å². The molecule has 158 valence electrons. The van der Waals surface area contributed by atoms with Crippen molar-refractivity contribution in [1.82, 2.24) is 4.90 Å². The Morgan fingerprint density at radius 1 is 1.03 bits per heavy atom. The third kappa shape index (κ3) is 4.92. The lowest BCUT2D eigenvalue weighted by Gasteiger charge is -2.35. The van der Waals surface area contributed by atoms with Crippen molar-refractivity contribution in [2.24, 2.45) is 5.92 Å². The minimum atomic E-state index is -0.541. The monoisotopic (exact) mass is 431 g/mol. The van der Waals surface area contributed by atoms with Crippen molar-refractivity contribution < 1.29 is 28.5 Å². The van der Waals surface area contributed by atoms with Gasteiger partial charge in [-0.15, -0.1) is 0 Å². The Hall–Kier alpha value is -2.61. The number of piperidine rings is 1. The molecule has 0 aliphatic carbocycles. The fraction of sp³-hybridized carbons (Fsp3) is 0.364. The molecule has 2 heterocycles. The van der Waals surface area contributed by atoms with Crippen molar-refractivity contribution in [2.45, 2.75) is 18.8 Å². The van der Waals surface area contributed by atoms with E-state index in [0.717, 1.165) is 5.56 Å². The van der Waals surface area contributed by atoms with Crippen molar-refractivity contribution in [3.05, 3.63) is 70.7 Å². The highest BCUT2D eigenvalue weighted by Gasteiger charge is 2.45. The Kier molecular flexibility index (Phi) is 6.52. The predicted molar refractivity (Wildman–Crippen MR) is 108 cm³/mol. The average molecular weight is 432 g/mol. The number of fused-ring (bicyclic) bond motifs is 2. The van der Waals surface area contributed by atoms with E-state index in [4.69, 9.17) is 30.5 Å². The van der Waals surface area contributed by atoms with E-state index in [1.165, 1.54) is 0 Å². The van der Waals surface area contributed by atoms with Gasteiger partial charge in [0.15, 0.2) is 0 Å². The van der Waals surface area contributed by atoms with Gasteiger partial charge in [-0.1, -0.05) is 41.9 Å². The van der Waals surface area contributed by atoms with Gasteiger partial charge >= 0.3 is 12.1 Å². The summed E-state index contributed by atoms with van der Waals surface area (Å²) in [6.07, 6.45) is -0.830. The predicted octanol–water partition coefficient (Wildman–Crippen LogP) is 3.51. The van der Waals surface area contributed by atoms with E-state index < -0.39 is 18.9 Å². The van der Waals surface area contributed by atoms with Gasteiger partial charge in [-0.2, -0.15) is 0 Å². The molecule has 2 aromatic carbocycles. The summed E-state index contributed by atoms with van der Waals surface area (Å²) in [4.78, 5) is 25.8. The lowest BCUT2D eigenvalue weighted by molar-refractivity contribution is -0.0652. The summed E-state index contributed by atoms with van der Waals surface area (Å²) in [5, 5.41) is 0.684. The van der Waals surface area contributed by atoms with Gasteiger partial charge in [0.05, 0.1) is 31.4 Å². The summed E-state index contributed by atoms with van der Waals surface area (Å²) < 4.78 is 22.0. The van der Waals surface area contributed by atoms with Crippen LogP contribution in [-0.4, -0.2) is 55.7 Å². The molecule has 2 bridgehead atoms. The van der Waals surface area contributed by atoms with Crippen molar-refractivity contribution in [3.8, 4) is 0 Å². The van der Waals surface area contributed by atoms with E-state index in [9.17, 15) is 9.59 Å². The number of rotatable bonds is 6. The number of esters is 1. The molecule has 30 heavy (non-hydrogen) atoms. The fourth-order valence-corrected chi connectivity index (χ4v) is 3.80. The number of nitrogens with zero attached hydrogens (tertiary/aromatic N) is 1. The molecule has 3 atom stereocenters. The van der Waals surface area contributed by atoms with Crippen LogP contribution in [0.5, 0.6) is 0 Å². The van der Waals surface area contributed by atoms with E-state index in [1.54, 1.807) is 35.2 Å². The zero-order valence-electron chi connectivity index (χ0n) is 16.2. The smallest absolute Gasteiger partial charge is 0.412 e. The highest BCUT2D eigenvalue weighted by Crippen LogP contribution is 2.31. The van der Waals surface area contributed by atoms with Gasteiger partial charge in [-0.05, 0) is 29.8 Å². The second-order valence-corrected chi connectivity index (χ2v) is 7.70. The van der Waals surface area contributed by atoms with E-state index in [0.29, 0.717) is 36.9 Å². The summed E-state index contributed by atoms with van der Waals surface area (Å²) in [6.45, 7) is 1.39. The normalized spacial score (nSPS) is 22.6. The molecule has 8 heteroatoms.